The summed E-state index contributed by atoms with van der Waals surface area (Å²) in [6.45, 7) is 5.68. The van der Waals surface area contributed by atoms with E-state index in [1.165, 1.54) is 4.90 Å². The molecule has 9 heteroatoms. The second-order valence-electron chi connectivity index (χ2n) is 8.64. The number of imide groups is 1. The smallest absolute Gasteiger partial charge is 0.417 e. The lowest BCUT2D eigenvalue weighted by molar-refractivity contribution is 0.0159. The van der Waals surface area contributed by atoms with Crippen molar-refractivity contribution in [1.82, 2.24) is 24.5 Å². The van der Waals surface area contributed by atoms with Crippen LogP contribution in [0.1, 0.15) is 74.8 Å². The molecule has 1 aliphatic heterocycles. The molecular weight excluding hydrogens is 378 g/mol. The minimum absolute atomic E-state index is 0.282. The van der Waals surface area contributed by atoms with Crippen LogP contribution in [0, 0.1) is 0 Å². The minimum atomic E-state index is -0.677. The third kappa shape index (κ3) is 3.15. The van der Waals surface area contributed by atoms with Gasteiger partial charge in [-0.05, 0) is 33.6 Å². The first-order valence-corrected chi connectivity index (χ1v) is 10.3. The highest BCUT2D eigenvalue weighted by atomic mass is 32.1. The highest BCUT2D eigenvalue weighted by Crippen LogP contribution is 2.46. The fourth-order valence-electron chi connectivity index (χ4n) is 4.28. The highest BCUT2D eigenvalue weighted by Gasteiger charge is 2.50. The van der Waals surface area contributed by atoms with Crippen LogP contribution >= 0.6 is 12.6 Å². The van der Waals surface area contributed by atoms with Gasteiger partial charge in [-0.1, -0.05) is 19.3 Å². The van der Waals surface area contributed by atoms with Crippen molar-refractivity contribution in [3.05, 3.63) is 23.4 Å². The van der Waals surface area contributed by atoms with Gasteiger partial charge in [0.1, 0.15) is 17.8 Å². The van der Waals surface area contributed by atoms with E-state index in [2.05, 4.69) is 27.7 Å². The molecule has 0 atom stereocenters. The van der Waals surface area contributed by atoms with Crippen LogP contribution in [-0.4, -0.2) is 48.6 Å². The predicted octanol–water partition coefficient (Wildman–Crippen LogP) is 3.15. The molecule has 1 saturated carbocycles. The van der Waals surface area contributed by atoms with Crippen LogP contribution in [-0.2, 0) is 15.9 Å². The van der Waals surface area contributed by atoms with Gasteiger partial charge in [-0.3, -0.25) is 4.79 Å². The fraction of sp³-hybridized carbons (Fsp3) is 0.632. The van der Waals surface area contributed by atoms with Crippen LogP contribution < -0.4 is 0 Å². The van der Waals surface area contributed by atoms with Gasteiger partial charge in [0.15, 0.2) is 11.3 Å². The summed E-state index contributed by atoms with van der Waals surface area (Å²) in [6.07, 6.45) is 5.94. The third-order valence-electron chi connectivity index (χ3n) is 5.44. The highest BCUT2D eigenvalue weighted by molar-refractivity contribution is 7.79. The monoisotopic (exact) mass is 403 g/mol. The number of carbonyl (C=O) groups is 2. The Kier molecular flexibility index (Phi) is 4.60. The Balaban J connectivity index is 1.86. The topological polar surface area (TPSA) is 89.7 Å². The zero-order valence-electron chi connectivity index (χ0n) is 16.4. The molecule has 1 aliphatic carbocycles. The Labute approximate surface area is 169 Å². The maximum atomic E-state index is 13.2. The third-order valence-corrected chi connectivity index (χ3v) is 5.72. The van der Waals surface area contributed by atoms with Gasteiger partial charge >= 0.3 is 6.09 Å². The maximum absolute atomic E-state index is 13.2. The average Bonchev–Trinajstić information content (AvgIpc) is 3.04. The molecule has 0 unspecified atom stereocenters. The Hall–Kier alpha value is -2.16. The summed E-state index contributed by atoms with van der Waals surface area (Å²) in [6, 6.07) is 0. The van der Waals surface area contributed by atoms with Crippen molar-refractivity contribution in [2.45, 2.75) is 69.6 Å². The lowest BCUT2D eigenvalue weighted by Gasteiger charge is -2.43. The molecular formula is C19H25N5O3S. The number of nitrogens with zero attached hydrogens (tertiary/aromatic N) is 5. The second-order valence-corrected chi connectivity index (χ2v) is 8.95. The van der Waals surface area contributed by atoms with Gasteiger partial charge in [0.25, 0.3) is 5.91 Å². The molecule has 8 nitrogen and oxygen atoms in total. The second kappa shape index (κ2) is 6.72. The van der Waals surface area contributed by atoms with Crippen LogP contribution in [0.4, 0.5) is 4.79 Å². The van der Waals surface area contributed by atoms with E-state index in [9.17, 15) is 9.59 Å². The first kappa shape index (κ1) is 19.2. The first-order chi connectivity index (χ1) is 13.2. The summed E-state index contributed by atoms with van der Waals surface area (Å²) in [5.41, 5.74) is 0.756. The summed E-state index contributed by atoms with van der Waals surface area (Å²) in [5.74, 6) is 0.562. The normalized spacial score (nSPS) is 19.1. The number of rotatable bonds is 1. The van der Waals surface area contributed by atoms with Crippen molar-refractivity contribution in [1.29, 1.82) is 0 Å². The molecule has 0 aromatic carbocycles. The maximum Gasteiger partial charge on any atom is 0.417 e. The van der Waals surface area contributed by atoms with E-state index in [-0.39, 0.29) is 11.1 Å². The number of aromatic nitrogens is 4. The quantitative estimate of drug-likeness (QED) is 0.736. The van der Waals surface area contributed by atoms with E-state index in [0.29, 0.717) is 23.8 Å². The van der Waals surface area contributed by atoms with E-state index in [1.807, 2.05) is 0 Å². The van der Waals surface area contributed by atoms with E-state index in [0.717, 1.165) is 37.7 Å². The number of fused-ring (bicyclic) bond motifs is 4. The Morgan fingerprint density at radius 1 is 1.29 bits per heavy atom. The summed E-state index contributed by atoms with van der Waals surface area (Å²) >= 11 is 4.27. The van der Waals surface area contributed by atoms with Crippen molar-refractivity contribution < 1.29 is 14.3 Å². The largest absolute Gasteiger partial charge is 0.443 e. The van der Waals surface area contributed by atoms with Crippen LogP contribution in [0.2, 0.25) is 0 Å². The molecule has 2 amide bonds. The van der Waals surface area contributed by atoms with Crippen LogP contribution in [0.15, 0.2) is 6.33 Å². The number of thiol groups is 1. The van der Waals surface area contributed by atoms with E-state index >= 15 is 0 Å². The van der Waals surface area contributed by atoms with Gasteiger partial charge in [0.2, 0.25) is 0 Å². The molecule has 4 rings (SSSR count). The molecule has 0 bridgehead atoms. The van der Waals surface area contributed by atoms with E-state index in [4.69, 9.17) is 4.74 Å². The van der Waals surface area contributed by atoms with Crippen LogP contribution in [0.5, 0.6) is 0 Å². The molecule has 3 heterocycles. The van der Waals surface area contributed by atoms with Crippen molar-refractivity contribution in [3.63, 3.8) is 0 Å². The van der Waals surface area contributed by atoms with Crippen LogP contribution in [0.25, 0.3) is 5.65 Å². The van der Waals surface area contributed by atoms with E-state index in [1.54, 1.807) is 31.6 Å². The van der Waals surface area contributed by atoms with Gasteiger partial charge in [-0.15, -0.1) is 0 Å². The summed E-state index contributed by atoms with van der Waals surface area (Å²) in [7, 11) is 0. The fourth-order valence-corrected chi connectivity index (χ4v) is 4.43. The summed E-state index contributed by atoms with van der Waals surface area (Å²) in [5, 5.41) is 4.46. The van der Waals surface area contributed by atoms with Gasteiger partial charge < -0.3 is 4.74 Å². The van der Waals surface area contributed by atoms with Gasteiger partial charge in [0, 0.05) is 17.5 Å². The molecule has 2 aliphatic rings. The van der Waals surface area contributed by atoms with Crippen molar-refractivity contribution >= 4 is 30.3 Å². The molecule has 1 fully saturated rings. The lowest BCUT2D eigenvalue weighted by atomic mass is 9.67. The number of hydrogen-bond donors (Lipinski definition) is 1. The Morgan fingerprint density at radius 3 is 2.64 bits per heavy atom. The van der Waals surface area contributed by atoms with Gasteiger partial charge in [-0.25, -0.2) is 24.2 Å². The predicted molar refractivity (Wildman–Crippen MR) is 106 cm³/mol. The summed E-state index contributed by atoms with van der Waals surface area (Å²) < 4.78 is 7.05. The standard InChI is InChI=1S/C19H25N5O3S/c1-18(2,3)27-17(26)23-10-19(7-5-4-6-8-19)13-14(16(23)25)22-24-11-20-12(9-28)21-15(13)24/h11,28H,4-10H2,1-3H3. The number of carbonyl (C=O) groups excluding carboxylic acids is 2. The number of ether oxygens (including phenoxy) is 1. The Bertz CT molecular complexity index is 943. The first-order valence-electron chi connectivity index (χ1n) is 9.64. The van der Waals surface area contributed by atoms with Gasteiger partial charge in [-0.2, -0.15) is 17.7 Å². The van der Waals surface area contributed by atoms with Crippen molar-refractivity contribution in [3.8, 4) is 0 Å². The number of hydrogen-bond acceptors (Lipinski definition) is 7. The van der Waals surface area contributed by atoms with Crippen molar-refractivity contribution in [2.75, 3.05) is 6.54 Å². The van der Waals surface area contributed by atoms with Gasteiger partial charge in [0.05, 0.1) is 5.75 Å². The molecule has 2 aromatic rings. The zero-order valence-corrected chi connectivity index (χ0v) is 17.3. The molecule has 0 saturated heterocycles. The zero-order chi connectivity index (χ0) is 20.1. The van der Waals surface area contributed by atoms with Crippen molar-refractivity contribution in [2.24, 2.45) is 0 Å². The SMILES string of the molecule is CC(C)(C)OC(=O)N1CC2(CCCCC2)c2c(nn3cnc(CS)nc23)C1=O. The average molecular weight is 404 g/mol. The number of amides is 2. The molecule has 1 spiro atoms. The molecule has 150 valence electrons. The lowest BCUT2D eigenvalue weighted by Crippen LogP contribution is -2.53. The van der Waals surface area contributed by atoms with Crippen LogP contribution in [0.3, 0.4) is 0 Å². The molecule has 2 aromatic heterocycles. The molecule has 0 N–H and O–H groups in total. The Morgan fingerprint density at radius 2 is 2.00 bits per heavy atom. The summed E-state index contributed by atoms with van der Waals surface area (Å²) in [4.78, 5) is 36.0. The van der Waals surface area contributed by atoms with E-state index < -0.39 is 17.6 Å². The minimum Gasteiger partial charge on any atom is -0.443 e. The molecule has 0 radical (unpaired) electrons. The molecule has 28 heavy (non-hydrogen) atoms.